The lowest BCUT2D eigenvalue weighted by Gasteiger charge is -2.67. The van der Waals surface area contributed by atoms with Crippen molar-refractivity contribution in [2.45, 2.75) is 77.7 Å². The molecule has 3 unspecified atom stereocenters. The van der Waals surface area contributed by atoms with E-state index in [0.717, 1.165) is 5.92 Å². The van der Waals surface area contributed by atoms with E-state index >= 15 is 0 Å². The first-order chi connectivity index (χ1) is 9.46. The predicted molar refractivity (Wildman–Crippen MR) is 84.6 cm³/mol. The third-order valence-corrected chi connectivity index (χ3v) is 7.02. The van der Waals surface area contributed by atoms with E-state index in [-0.39, 0.29) is 0 Å². The third kappa shape index (κ3) is 1.85. The van der Waals surface area contributed by atoms with Crippen LogP contribution in [0.3, 0.4) is 0 Å². The van der Waals surface area contributed by atoms with Gasteiger partial charge in [-0.25, -0.2) is 0 Å². The van der Waals surface area contributed by atoms with Crippen molar-refractivity contribution in [3.63, 3.8) is 0 Å². The summed E-state index contributed by atoms with van der Waals surface area (Å²) in [5, 5.41) is 3.77. The van der Waals surface area contributed by atoms with Crippen LogP contribution in [0.25, 0.3) is 0 Å². The molecule has 20 heavy (non-hydrogen) atoms. The SMILES string of the molecule is CNC(C1=CCCC1)C12CC3CC(C)(CC(C)(C3)C1)C2. The number of allylic oxidation sites excluding steroid dienone is 1. The smallest absolute Gasteiger partial charge is 0.0334 e. The molecule has 0 heterocycles. The maximum Gasteiger partial charge on any atom is 0.0334 e. The van der Waals surface area contributed by atoms with E-state index in [1.54, 1.807) is 5.57 Å². The Bertz CT molecular complexity index is 431. The first kappa shape index (κ1) is 13.4. The first-order valence-electron chi connectivity index (χ1n) is 8.82. The largest absolute Gasteiger partial charge is 0.313 e. The van der Waals surface area contributed by atoms with Crippen LogP contribution >= 0.6 is 0 Å². The van der Waals surface area contributed by atoms with Crippen LogP contribution in [-0.2, 0) is 0 Å². The van der Waals surface area contributed by atoms with E-state index in [1.165, 1.54) is 57.8 Å². The molecule has 4 saturated carbocycles. The summed E-state index contributed by atoms with van der Waals surface area (Å²) in [6, 6.07) is 0.673. The summed E-state index contributed by atoms with van der Waals surface area (Å²) in [5.41, 5.74) is 3.61. The second-order valence-corrected chi connectivity index (χ2v) is 9.39. The van der Waals surface area contributed by atoms with Crippen LogP contribution < -0.4 is 5.32 Å². The summed E-state index contributed by atoms with van der Waals surface area (Å²) in [7, 11) is 2.22. The highest BCUT2D eigenvalue weighted by Gasteiger charge is 2.62. The molecule has 0 aliphatic heterocycles. The van der Waals surface area contributed by atoms with Crippen molar-refractivity contribution >= 4 is 0 Å². The molecule has 1 nitrogen and oxygen atoms in total. The molecule has 0 saturated heterocycles. The van der Waals surface area contributed by atoms with Crippen molar-refractivity contribution in [3.05, 3.63) is 11.6 Å². The third-order valence-electron chi connectivity index (χ3n) is 7.02. The van der Waals surface area contributed by atoms with Crippen molar-refractivity contribution in [1.29, 1.82) is 0 Å². The molecule has 5 aliphatic carbocycles. The summed E-state index contributed by atoms with van der Waals surface area (Å²) in [6.45, 7) is 5.19. The average Bonchev–Trinajstić information content (AvgIpc) is 2.77. The molecule has 0 amide bonds. The number of nitrogens with one attached hydrogen (secondary N) is 1. The molecule has 3 atom stereocenters. The summed E-state index contributed by atoms with van der Waals surface area (Å²) in [5.74, 6) is 1.01. The van der Waals surface area contributed by atoms with Gasteiger partial charge in [0, 0.05) is 6.04 Å². The van der Waals surface area contributed by atoms with Crippen LogP contribution in [0.1, 0.15) is 71.6 Å². The molecule has 0 spiro atoms. The quantitative estimate of drug-likeness (QED) is 0.736. The maximum atomic E-state index is 3.77. The molecule has 112 valence electrons. The van der Waals surface area contributed by atoms with E-state index in [4.69, 9.17) is 0 Å². The van der Waals surface area contributed by atoms with Gasteiger partial charge in [0.15, 0.2) is 0 Å². The Morgan fingerprint density at radius 1 is 1.10 bits per heavy atom. The maximum absolute atomic E-state index is 3.77. The molecule has 1 N–H and O–H groups in total. The van der Waals surface area contributed by atoms with Crippen LogP contribution in [0.15, 0.2) is 11.6 Å². The minimum Gasteiger partial charge on any atom is -0.313 e. The summed E-state index contributed by atoms with van der Waals surface area (Å²) in [4.78, 5) is 0. The van der Waals surface area contributed by atoms with Gasteiger partial charge in [-0.2, -0.15) is 0 Å². The standard InChI is InChI=1S/C19H31N/c1-17-8-14-9-18(2,11-17)13-19(10-14,12-17)16(20-3)15-6-4-5-7-15/h6,14,16,20H,4-5,7-13H2,1-3H3. The molecule has 0 radical (unpaired) electrons. The van der Waals surface area contributed by atoms with Crippen LogP contribution in [0, 0.1) is 22.2 Å². The van der Waals surface area contributed by atoms with Crippen LogP contribution in [0.5, 0.6) is 0 Å². The fourth-order valence-electron chi connectivity index (χ4n) is 7.70. The Balaban J connectivity index is 1.72. The van der Waals surface area contributed by atoms with Crippen molar-refractivity contribution in [2.24, 2.45) is 22.2 Å². The van der Waals surface area contributed by atoms with E-state index < -0.39 is 0 Å². The molecular formula is C19H31N. The van der Waals surface area contributed by atoms with Gasteiger partial charge in [0.1, 0.15) is 0 Å². The van der Waals surface area contributed by atoms with Crippen molar-refractivity contribution in [2.75, 3.05) is 7.05 Å². The second-order valence-electron chi connectivity index (χ2n) is 9.39. The van der Waals surface area contributed by atoms with Gasteiger partial charge in [0.25, 0.3) is 0 Å². The highest BCUT2D eigenvalue weighted by Crippen LogP contribution is 2.71. The Labute approximate surface area is 124 Å². The monoisotopic (exact) mass is 273 g/mol. The Morgan fingerprint density at radius 3 is 2.30 bits per heavy atom. The molecule has 1 heteroatoms. The molecule has 4 bridgehead atoms. The van der Waals surface area contributed by atoms with Gasteiger partial charge in [-0.15, -0.1) is 0 Å². The Kier molecular flexibility index (Phi) is 2.76. The average molecular weight is 273 g/mol. The number of hydrogen-bond donors (Lipinski definition) is 1. The number of rotatable bonds is 3. The molecule has 0 aromatic rings. The van der Waals surface area contributed by atoms with Gasteiger partial charge in [-0.1, -0.05) is 25.5 Å². The van der Waals surface area contributed by atoms with Gasteiger partial charge in [-0.05, 0) is 87.0 Å². The van der Waals surface area contributed by atoms with E-state index in [1.807, 2.05) is 0 Å². The van der Waals surface area contributed by atoms with E-state index in [2.05, 4.69) is 32.3 Å². The predicted octanol–water partition coefficient (Wildman–Crippen LogP) is 4.68. The molecule has 0 aromatic carbocycles. The van der Waals surface area contributed by atoms with Crippen LogP contribution in [0.2, 0.25) is 0 Å². The van der Waals surface area contributed by atoms with Crippen molar-refractivity contribution in [3.8, 4) is 0 Å². The second kappa shape index (κ2) is 4.12. The zero-order valence-electron chi connectivity index (χ0n) is 13.6. The Hall–Kier alpha value is -0.300. The van der Waals surface area contributed by atoms with Gasteiger partial charge < -0.3 is 5.32 Å². The van der Waals surface area contributed by atoms with Crippen molar-refractivity contribution in [1.82, 2.24) is 5.32 Å². The van der Waals surface area contributed by atoms with Gasteiger partial charge in [-0.3, -0.25) is 0 Å². The van der Waals surface area contributed by atoms with E-state index in [9.17, 15) is 0 Å². The summed E-state index contributed by atoms with van der Waals surface area (Å²) in [6.07, 6.45) is 15.6. The van der Waals surface area contributed by atoms with E-state index in [0.29, 0.717) is 22.3 Å². The summed E-state index contributed by atoms with van der Waals surface area (Å²) >= 11 is 0. The lowest BCUT2D eigenvalue weighted by Crippen LogP contribution is -2.61. The zero-order valence-corrected chi connectivity index (χ0v) is 13.6. The Morgan fingerprint density at radius 2 is 1.80 bits per heavy atom. The van der Waals surface area contributed by atoms with Gasteiger partial charge >= 0.3 is 0 Å². The van der Waals surface area contributed by atoms with Crippen LogP contribution in [-0.4, -0.2) is 13.1 Å². The molecule has 5 rings (SSSR count). The lowest BCUT2D eigenvalue weighted by atomic mass is 9.38. The van der Waals surface area contributed by atoms with Gasteiger partial charge in [0.2, 0.25) is 0 Å². The minimum atomic E-state index is 0.577. The topological polar surface area (TPSA) is 12.0 Å². The number of likely N-dealkylation sites (N-methyl/N-ethyl adjacent to an activating group) is 1. The van der Waals surface area contributed by atoms with Gasteiger partial charge in [0.05, 0.1) is 0 Å². The highest BCUT2D eigenvalue weighted by molar-refractivity contribution is 5.24. The normalized spacial score (nSPS) is 51.4. The zero-order chi connectivity index (χ0) is 14.0. The highest BCUT2D eigenvalue weighted by atomic mass is 14.9. The van der Waals surface area contributed by atoms with Crippen molar-refractivity contribution < 1.29 is 0 Å². The lowest BCUT2D eigenvalue weighted by molar-refractivity contribution is -0.153. The first-order valence-corrected chi connectivity index (χ1v) is 8.82. The fourth-order valence-corrected chi connectivity index (χ4v) is 7.70. The number of hydrogen-bond acceptors (Lipinski definition) is 1. The molecule has 4 fully saturated rings. The molecule has 0 aromatic heterocycles. The summed E-state index contributed by atoms with van der Waals surface area (Å²) < 4.78 is 0. The van der Waals surface area contributed by atoms with Crippen LogP contribution in [0.4, 0.5) is 0 Å². The molecular weight excluding hydrogens is 242 g/mol. The fraction of sp³-hybridized carbons (Fsp3) is 0.895. The molecule has 5 aliphatic rings. The minimum absolute atomic E-state index is 0.577.